The van der Waals surface area contributed by atoms with Crippen LogP contribution in [0.15, 0.2) is 21.6 Å². The third kappa shape index (κ3) is 2.33. The van der Waals surface area contributed by atoms with Crippen molar-refractivity contribution < 1.29 is 17.6 Å². The minimum atomic E-state index is -3.66. The van der Waals surface area contributed by atoms with Gasteiger partial charge in [-0.1, -0.05) is 0 Å². The number of hydrogen-bond acceptors (Lipinski definition) is 5. The van der Waals surface area contributed by atoms with E-state index < -0.39 is 15.9 Å². The van der Waals surface area contributed by atoms with Gasteiger partial charge in [0.05, 0.1) is 0 Å². The molecule has 7 nitrogen and oxygen atoms in total. The van der Waals surface area contributed by atoms with Gasteiger partial charge in [0, 0.05) is 26.2 Å². The molecule has 2 heterocycles. The number of rotatable bonds is 3. The summed E-state index contributed by atoms with van der Waals surface area (Å²) in [5.74, 6) is -0.939. The van der Waals surface area contributed by atoms with Gasteiger partial charge < -0.3 is 15.5 Å². The fourth-order valence-electron chi connectivity index (χ4n) is 1.60. The molecule has 1 saturated heterocycles. The smallest absolute Gasteiger partial charge is 0.284 e. The van der Waals surface area contributed by atoms with E-state index in [2.05, 4.69) is 5.32 Å². The van der Waals surface area contributed by atoms with E-state index >= 15 is 0 Å². The zero-order chi connectivity index (χ0) is 12.5. The number of carbonyl (C=O) groups is 1. The Labute approximate surface area is 98.6 Å². The number of nitrogens with zero attached hydrogens (tertiary/aromatic N) is 1. The molecule has 17 heavy (non-hydrogen) atoms. The van der Waals surface area contributed by atoms with Crippen molar-refractivity contribution in [2.75, 3.05) is 26.2 Å². The van der Waals surface area contributed by atoms with Crippen LogP contribution in [0.25, 0.3) is 0 Å². The van der Waals surface area contributed by atoms with Crippen molar-refractivity contribution in [2.45, 2.75) is 5.09 Å². The highest BCUT2D eigenvalue weighted by Crippen LogP contribution is 2.18. The molecular weight excluding hydrogens is 246 g/mol. The number of nitrogens with two attached hydrogens (primary N) is 1. The van der Waals surface area contributed by atoms with E-state index in [1.54, 1.807) is 0 Å². The summed E-state index contributed by atoms with van der Waals surface area (Å²) in [6.07, 6.45) is 0. The number of carbonyl (C=O) groups excluding carboxylic acids is 1. The van der Waals surface area contributed by atoms with E-state index in [1.807, 2.05) is 0 Å². The molecule has 0 aromatic carbocycles. The summed E-state index contributed by atoms with van der Waals surface area (Å²) in [7, 11) is -3.66. The maximum atomic E-state index is 12.1. The molecule has 8 heteroatoms. The molecule has 94 valence electrons. The van der Waals surface area contributed by atoms with Gasteiger partial charge in [0.1, 0.15) is 0 Å². The minimum Gasteiger partial charge on any atom is -0.438 e. The molecule has 0 atom stereocenters. The van der Waals surface area contributed by atoms with Gasteiger partial charge in [-0.25, -0.2) is 8.42 Å². The quantitative estimate of drug-likeness (QED) is 0.722. The van der Waals surface area contributed by atoms with Gasteiger partial charge in [0.25, 0.3) is 15.9 Å². The van der Waals surface area contributed by atoms with Crippen LogP contribution in [0.5, 0.6) is 0 Å². The number of primary amides is 1. The molecule has 0 unspecified atom stereocenters. The first-order valence-corrected chi connectivity index (χ1v) is 6.56. The highest BCUT2D eigenvalue weighted by Gasteiger charge is 2.29. The fraction of sp³-hybridized carbons (Fsp3) is 0.444. The SMILES string of the molecule is NC(=O)c1ccc(S(=O)(=O)N2CCNCC2)o1. The van der Waals surface area contributed by atoms with Crippen LogP contribution < -0.4 is 11.1 Å². The Morgan fingerprint density at radius 2 is 2.00 bits per heavy atom. The molecule has 0 bridgehead atoms. The van der Waals surface area contributed by atoms with Gasteiger partial charge in [-0.05, 0) is 12.1 Å². The van der Waals surface area contributed by atoms with Crippen LogP contribution in [0, 0.1) is 0 Å². The Bertz CT molecular complexity index is 516. The van der Waals surface area contributed by atoms with Crippen molar-refractivity contribution >= 4 is 15.9 Å². The third-order valence-corrected chi connectivity index (χ3v) is 4.27. The zero-order valence-electron chi connectivity index (χ0n) is 9.05. The van der Waals surface area contributed by atoms with Crippen molar-refractivity contribution in [1.29, 1.82) is 0 Å². The highest BCUT2D eigenvalue weighted by atomic mass is 32.2. The number of piperazine rings is 1. The second-order valence-corrected chi connectivity index (χ2v) is 5.51. The Morgan fingerprint density at radius 1 is 1.35 bits per heavy atom. The number of furan rings is 1. The standard InChI is InChI=1S/C9H13N3O4S/c10-9(13)7-1-2-8(16-7)17(14,15)12-5-3-11-4-6-12/h1-2,11H,3-6H2,(H2,10,13). The molecule has 0 saturated carbocycles. The van der Waals surface area contributed by atoms with Gasteiger partial charge in [0.2, 0.25) is 5.09 Å². The number of nitrogens with one attached hydrogen (secondary N) is 1. The Morgan fingerprint density at radius 3 is 2.53 bits per heavy atom. The summed E-state index contributed by atoms with van der Waals surface area (Å²) in [6, 6.07) is 2.51. The maximum Gasteiger partial charge on any atom is 0.284 e. The van der Waals surface area contributed by atoms with Gasteiger partial charge in [-0.3, -0.25) is 4.79 Å². The lowest BCUT2D eigenvalue weighted by Crippen LogP contribution is -2.46. The number of sulfonamides is 1. The lowest BCUT2D eigenvalue weighted by molar-refractivity contribution is 0.0968. The summed E-state index contributed by atoms with van der Waals surface area (Å²) in [5.41, 5.74) is 5.00. The summed E-state index contributed by atoms with van der Waals surface area (Å²) >= 11 is 0. The third-order valence-electron chi connectivity index (χ3n) is 2.49. The first-order chi connectivity index (χ1) is 8.01. The average Bonchev–Trinajstić information content (AvgIpc) is 2.80. The predicted molar refractivity (Wildman–Crippen MR) is 58.9 cm³/mol. The van der Waals surface area contributed by atoms with E-state index in [0.717, 1.165) is 0 Å². The van der Waals surface area contributed by atoms with Gasteiger partial charge >= 0.3 is 0 Å². The maximum absolute atomic E-state index is 12.1. The van der Waals surface area contributed by atoms with Crippen molar-refractivity contribution in [2.24, 2.45) is 5.73 Å². The summed E-state index contributed by atoms with van der Waals surface area (Å²) in [6.45, 7) is 1.97. The molecule has 1 aromatic rings. The van der Waals surface area contributed by atoms with Crippen LogP contribution >= 0.6 is 0 Å². The monoisotopic (exact) mass is 259 g/mol. The molecule has 1 aliphatic heterocycles. The van der Waals surface area contributed by atoms with Gasteiger partial charge in [0.15, 0.2) is 5.76 Å². The first kappa shape index (κ1) is 12.1. The van der Waals surface area contributed by atoms with E-state index in [1.165, 1.54) is 16.4 Å². The largest absolute Gasteiger partial charge is 0.438 e. The lowest BCUT2D eigenvalue weighted by Gasteiger charge is -2.25. The number of amides is 1. The molecule has 1 aromatic heterocycles. The van der Waals surface area contributed by atoms with E-state index in [0.29, 0.717) is 26.2 Å². The van der Waals surface area contributed by atoms with Crippen LogP contribution in [-0.2, 0) is 10.0 Å². The summed E-state index contributed by atoms with van der Waals surface area (Å²) in [4.78, 5) is 10.8. The van der Waals surface area contributed by atoms with Crippen molar-refractivity contribution in [1.82, 2.24) is 9.62 Å². The van der Waals surface area contributed by atoms with Crippen LogP contribution in [-0.4, -0.2) is 44.8 Å². The molecule has 0 aliphatic carbocycles. The van der Waals surface area contributed by atoms with E-state index in [-0.39, 0.29) is 10.9 Å². The van der Waals surface area contributed by atoms with Crippen molar-refractivity contribution in [3.63, 3.8) is 0 Å². The second-order valence-electron chi connectivity index (χ2n) is 3.64. The normalized spacial score (nSPS) is 18.1. The molecule has 1 amide bonds. The molecular formula is C9H13N3O4S. The molecule has 0 radical (unpaired) electrons. The number of hydrogen-bond donors (Lipinski definition) is 2. The van der Waals surface area contributed by atoms with Crippen molar-refractivity contribution in [3.05, 3.63) is 17.9 Å². The molecule has 1 aliphatic rings. The van der Waals surface area contributed by atoms with Gasteiger partial charge in [-0.15, -0.1) is 0 Å². The molecule has 3 N–H and O–H groups in total. The highest BCUT2D eigenvalue weighted by molar-refractivity contribution is 7.89. The summed E-state index contributed by atoms with van der Waals surface area (Å²) < 4.78 is 30.4. The average molecular weight is 259 g/mol. The predicted octanol–water partition coefficient (Wildman–Crippen LogP) is -1.03. The zero-order valence-corrected chi connectivity index (χ0v) is 9.87. The van der Waals surface area contributed by atoms with Crippen LogP contribution in [0.1, 0.15) is 10.6 Å². The summed E-state index contributed by atoms with van der Waals surface area (Å²) in [5, 5.41) is 2.81. The Balaban J connectivity index is 2.27. The van der Waals surface area contributed by atoms with E-state index in [9.17, 15) is 13.2 Å². The molecule has 1 fully saturated rings. The van der Waals surface area contributed by atoms with E-state index in [4.69, 9.17) is 10.2 Å². The second kappa shape index (κ2) is 4.47. The van der Waals surface area contributed by atoms with Crippen LogP contribution in [0.3, 0.4) is 0 Å². The molecule has 0 spiro atoms. The Hall–Kier alpha value is -1.38. The first-order valence-electron chi connectivity index (χ1n) is 5.12. The van der Waals surface area contributed by atoms with Gasteiger partial charge in [-0.2, -0.15) is 4.31 Å². The fourth-order valence-corrected chi connectivity index (χ4v) is 2.96. The lowest BCUT2D eigenvalue weighted by atomic mass is 10.4. The Kier molecular flexibility index (Phi) is 3.18. The van der Waals surface area contributed by atoms with Crippen LogP contribution in [0.2, 0.25) is 0 Å². The topological polar surface area (TPSA) is 106 Å². The van der Waals surface area contributed by atoms with Crippen LogP contribution in [0.4, 0.5) is 0 Å². The molecule has 2 rings (SSSR count). The van der Waals surface area contributed by atoms with Crippen molar-refractivity contribution in [3.8, 4) is 0 Å². The minimum absolute atomic E-state index is 0.154.